The fourth-order valence-corrected chi connectivity index (χ4v) is 3.18. The first-order chi connectivity index (χ1) is 16.2. The molecule has 0 unspecified atom stereocenters. The van der Waals surface area contributed by atoms with E-state index in [2.05, 4.69) is 15.6 Å². The van der Waals surface area contributed by atoms with E-state index in [9.17, 15) is 9.59 Å². The normalized spacial score (nSPS) is 15.5. The second-order valence-electron chi connectivity index (χ2n) is 7.37. The van der Waals surface area contributed by atoms with Gasteiger partial charge in [0.25, 0.3) is 11.8 Å². The highest BCUT2D eigenvalue weighted by molar-refractivity contribution is 5.96. The van der Waals surface area contributed by atoms with Crippen molar-refractivity contribution in [2.24, 2.45) is 0 Å². The Hall–Kier alpha value is -3.91. The van der Waals surface area contributed by atoms with Gasteiger partial charge in [0.1, 0.15) is 36.1 Å². The van der Waals surface area contributed by atoms with Gasteiger partial charge in [-0.15, -0.1) is 0 Å². The molecule has 0 radical (unpaired) electrons. The second-order valence-corrected chi connectivity index (χ2v) is 7.37. The van der Waals surface area contributed by atoms with E-state index >= 15 is 0 Å². The molecule has 2 aromatic carbocycles. The van der Waals surface area contributed by atoms with Crippen molar-refractivity contribution >= 4 is 11.8 Å². The van der Waals surface area contributed by atoms with Gasteiger partial charge in [0, 0.05) is 13.1 Å². The summed E-state index contributed by atoms with van der Waals surface area (Å²) in [6, 6.07) is 19.7. The van der Waals surface area contributed by atoms with Gasteiger partial charge in [0.05, 0.1) is 13.2 Å². The average Bonchev–Trinajstić information content (AvgIpc) is 2.86. The van der Waals surface area contributed by atoms with Crippen LogP contribution < -0.4 is 20.1 Å². The summed E-state index contributed by atoms with van der Waals surface area (Å²) in [4.78, 5) is 29.3. The van der Waals surface area contributed by atoms with E-state index in [1.54, 1.807) is 18.2 Å². The predicted octanol–water partition coefficient (Wildman–Crippen LogP) is 2.73. The van der Waals surface area contributed by atoms with E-state index in [0.717, 1.165) is 22.6 Å². The fraction of sp³-hybridized carbons (Fsp3) is 0.240. The minimum absolute atomic E-state index is 0.179. The van der Waals surface area contributed by atoms with Gasteiger partial charge in [-0.2, -0.15) is 0 Å². The molecule has 1 aromatic heterocycles. The first kappa shape index (κ1) is 22.3. The number of amides is 2. The summed E-state index contributed by atoms with van der Waals surface area (Å²) < 4.78 is 16.9. The molecule has 2 amide bonds. The first-order valence-electron chi connectivity index (χ1n) is 10.7. The molecule has 0 aliphatic carbocycles. The zero-order valence-electron chi connectivity index (χ0n) is 18.1. The minimum Gasteiger partial charge on any atom is -0.491 e. The highest BCUT2D eigenvalue weighted by Crippen LogP contribution is 2.14. The zero-order valence-corrected chi connectivity index (χ0v) is 18.1. The SMILES string of the molecule is O=C1NCc2ccc(cc2)OCCOCCOc2ccc(cc2)CNC(=O)c2cccc1n2. The van der Waals surface area contributed by atoms with Crippen LogP contribution in [0.15, 0.2) is 66.7 Å². The van der Waals surface area contributed by atoms with Crippen LogP contribution in [-0.2, 0) is 17.8 Å². The van der Waals surface area contributed by atoms with E-state index in [1.165, 1.54) is 0 Å². The summed E-state index contributed by atoms with van der Waals surface area (Å²) >= 11 is 0. The Morgan fingerprint density at radius 2 is 1.06 bits per heavy atom. The quantitative estimate of drug-likeness (QED) is 0.550. The van der Waals surface area contributed by atoms with Gasteiger partial charge in [-0.1, -0.05) is 30.3 Å². The third-order valence-electron chi connectivity index (χ3n) is 4.96. The number of pyridine rings is 1. The van der Waals surface area contributed by atoms with Crippen molar-refractivity contribution in [2.45, 2.75) is 13.1 Å². The molecule has 0 saturated carbocycles. The molecule has 6 bridgehead atoms. The molecule has 4 aliphatic rings. The van der Waals surface area contributed by atoms with Crippen molar-refractivity contribution in [1.82, 2.24) is 15.6 Å². The Morgan fingerprint density at radius 1 is 0.606 bits per heavy atom. The number of aromatic nitrogens is 1. The zero-order chi connectivity index (χ0) is 22.9. The van der Waals surface area contributed by atoms with Crippen LogP contribution in [0.1, 0.15) is 32.1 Å². The Labute approximate surface area is 191 Å². The van der Waals surface area contributed by atoms with Crippen molar-refractivity contribution in [3.05, 3.63) is 89.2 Å². The summed E-state index contributed by atoms with van der Waals surface area (Å²) in [6.07, 6.45) is 0. The summed E-state index contributed by atoms with van der Waals surface area (Å²) in [7, 11) is 0. The molecular weight excluding hydrogens is 422 g/mol. The van der Waals surface area contributed by atoms with Crippen LogP contribution in [0.25, 0.3) is 0 Å². The number of nitrogens with zero attached hydrogens (tertiary/aromatic N) is 1. The monoisotopic (exact) mass is 447 g/mol. The number of rotatable bonds is 0. The molecule has 0 spiro atoms. The number of carbonyl (C=O) groups excluding carboxylic acids is 2. The van der Waals surface area contributed by atoms with E-state index in [-0.39, 0.29) is 23.2 Å². The highest BCUT2D eigenvalue weighted by atomic mass is 16.5. The van der Waals surface area contributed by atoms with Gasteiger partial charge >= 0.3 is 0 Å². The summed E-state index contributed by atoms with van der Waals surface area (Å²) in [5.74, 6) is 0.735. The predicted molar refractivity (Wildman–Crippen MR) is 121 cm³/mol. The Balaban J connectivity index is 1.47. The number of ether oxygens (including phenoxy) is 3. The lowest BCUT2D eigenvalue weighted by molar-refractivity contribution is 0.0764. The van der Waals surface area contributed by atoms with Crippen LogP contribution in [0.4, 0.5) is 0 Å². The highest BCUT2D eigenvalue weighted by Gasteiger charge is 2.12. The molecular formula is C25H25N3O5. The smallest absolute Gasteiger partial charge is 0.270 e. The van der Waals surface area contributed by atoms with Crippen molar-refractivity contribution in [3.63, 3.8) is 0 Å². The Morgan fingerprint density at radius 3 is 1.52 bits per heavy atom. The minimum atomic E-state index is -0.354. The summed E-state index contributed by atoms with van der Waals surface area (Å²) in [5.41, 5.74) is 2.19. The third-order valence-corrected chi connectivity index (χ3v) is 4.96. The summed E-state index contributed by atoms with van der Waals surface area (Å²) in [6.45, 7) is 2.42. The van der Waals surface area contributed by atoms with Crippen molar-refractivity contribution in [2.75, 3.05) is 26.4 Å². The maximum atomic E-state index is 12.5. The number of benzene rings is 2. The van der Waals surface area contributed by atoms with E-state index in [4.69, 9.17) is 14.2 Å². The molecule has 5 heterocycles. The van der Waals surface area contributed by atoms with Gasteiger partial charge in [-0.25, -0.2) is 4.98 Å². The van der Waals surface area contributed by atoms with Crippen LogP contribution in [-0.4, -0.2) is 43.2 Å². The third kappa shape index (κ3) is 6.54. The van der Waals surface area contributed by atoms with E-state index in [1.807, 2.05) is 48.5 Å². The van der Waals surface area contributed by atoms with Gasteiger partial charge in [-0.05, 0) is 47.5 Å². The number of hydrogen-bond acceptors (Lipinski definition) is 6. The molecule has 4 aliphatic heterocycles. The van der Waals surface area contributed by atoms with Crippen LogP contribution in [0.2, 0.25) is 0 Å². The van der Waals surface area contributed by atoms with Crippen LogP contribution >= 0.6 is 0 Å². The van der Waals surface area contributed by atoms with Gasteiger partial charge in [0.2, 0.25) is 0 Å². The average molecular weight is 447 g/mol. The molecule has 8 nitrogen and oxygen atoms in total. The lowest BCUT2D eigenvalue weighted by Crippen LogP contribution is -2.27. The number of carbonyl (C=O) groups is 2. The molecule has 170 valence electrons. The molecule has 3 aromatic rings. The maximum absolute atomic E-state index is 12.5. The van der Waals surface area contributed by atoms with Crippen molar-refractivity contribution in [1.29, 1.82) is 0 Å². The summed E-state index contributed by atoms with van der Waals surface area (Å²) in [5, 5.41) is 5.65. The van der Waals surface area contributed by atoms with Gasteiger partial charge in [-0.3, -0.25) is 9.59 Å². The lowest BCUT2D eigenvalue weighted by atomic mass is 10.2. The molecule has 2 N–H and O–H groups in total. The van der Waals surface area contributed by atoms with Crippen LogP contribution in [0.3, 0.4) is 0 Å². The van der Waals surface area contributed by atoms with Crippen LogP contribution in [0.5, 0.6) is 11.5 Å². The molecule has 33 heavy (non-hydrogen) atoms. The molecule has 0 saturated heterocycles. The number of nitrogens with one attached hydrogen (secondary N) is 2. The van der Waals surface area contributed by atoms with Gasteiger partial charge in [0.15, 0.2) is 0 Å². The standard InChI is InChI=1S/C25H25N3O5/c29-24-22-2-1-3-23(28-22)25(30)27-17-19-6-10-21(11-7-19)33-15-13-31-12-14-32-20-8-4-18(5-9-20)16-26-24/h1-11H,12-17H2,(H,26,29)(H,27,30). The molecule has 0 atom stereocenters. The molecule has 8 heteroatoms. The fourth-order valence-electron chi connectivity index (χ4n) is 3.18. The molecule has 0 fully saturated rings. The Kier molecular flexibility index (Phi) is 7.50. The Bertz CT molecular complexity index is 1000. The number of hydrogen-bond donors (Lipinski definition) is 2. The van der Waals surface area contributed by atoms with E-state index in [0.29, 0.717) is 39.5 Å². The van der Waals surface area contributed by atoms with Crippen molar-refractivity contribution in [3.8, 4) is 11.5 Å². The maximum Gasteiger partial charge on any atom is 0.270 e. The first-order valence-corrected chi connectivity index (χ1v) is 10.7. The largest absolute Gasteiger partial charge is 0.491 e. The lowest BCUT2D eigenvalue weighted by Gasteiger charge is -2.11. The topological polar surface area (TPSA) is 98.8 Å². The van der Waals surface area contributed by atoms with E-state index < -0.39 is 0 Å². The van der Waals surface area contributed by atoms with Crippen molar-refractivity contribution < 1.29 is 23.8 Å². The van der Waals surface area contributed by atoms with Crippen LogP contribution in [0, 0.1) is 0 Å². The van der Waals surface area contributed by atoms with Gasteiger partial charge < -0.3 is 24.8 Å². The molecule has 7 rings (SSSR count). The second kappa shape index (κ2) is 11.1.